The van der Waals surface area contributed by atoms with Crippen LogP contribution in [0.4, 0.5) is 11.5 Å². The SMILES string of the molecule is C=NN/C=C(\C)c1ccc(Nc2ccnc(-c3cc4[nH]c(C(=O)N(C)C)cc4cc3Cl)n2)cc1. The molecule has 0 spiro atoms. The molecule has 1 amide bonds. The van der Waals surface area contributed by atoms with Crippen molar-refractivity contribution in [3.63, 3.8) is 0 Å². The Balaban J connectivity index is 1.59. The lowest BCUT2D eigenvalue weighted by atomic mass is 10.1. The van der Waals surface area contributed by atoms with Crippen molar-refractivity contribution in [2.45, 2.75) is 6.92 Å². The van der Waals surface area contributed by atoms with Gasteiger partial charge in [-0.2, -0.15) is 5.10 Å². The molecule has 2 aromatic carbocycles. The van der Waals surface area contributed by atoms with Crippen molar-refractivity contribution in [1.29, 1.82) is 0 Å². The fourth-order valence-corrected chi connectivity index (χ4v) is 3.69. The van der Waals surface area contributed by atoms with Crippen LogP contribution in [-0.2, 0) is 0 Å². The van der Waals surface area contributed by atoms with E-state index in [1.807, 2.05) is 43.3 Å². The number of rotatable bonds is 7. The quantitative estimate of drug-likeness (QED) is 0.250. The van der Waals surface area contributed by atoms with Gasteiger partial charge in [0.2, 0.25) is 0 Å². The molecule has 0 saturated heterocycles. The standard InChI is InChI=1S/C25H24ClN7O/c1-15(14-29-27-2)16-5-7-18(8-6-16)30-23-9-10-28-24(32-23)19-13-21-17(11-20(19)26)12-22(31-21)25(34)33(3)4/h5-14,29,31H,2H2,1,3-4H3,(H,28,30,32)/b15-14+. The lowest BCUT2D eigenvalue weighted by molar-refractivity contribution is 0.0823. The van der Waals surface area contributed by atoms with Crippen LogP contribution in [0.2, 0.25) is 5.02 Å². The van der Waals surface area contributed by atoms with E-state index < -0.39 is 0 Å². The average molecular weight is 474 g/mol. The van der Waals surface area contributed by atoms with Crippen molar-refractivity contribution in [3.05, 3.63) is 77.2 Å². The highest BCUT2D eigenvalue weighted by Crippen LogP contribution is 2.31. The molecule has 4 aromatic rings. The van der Waals surface area contributed by atoms with Crippen molar-refractivity contribution >= 4 is 52.2 Å². The van der Waals surface area contributed by atoms with Gasteiger partial charge < -0.3 is 15.2 Å². The number of halogens is 1. The Hall–Kier alpha value is -4.17. The summed E-state index contributed by atoms with van der Waals surface area (Å²) in [4.78, 5) is 26.0. The molecule has 0 aliphatic rings. The van der Waals surface area contributed by atoms with E-state index in [1.54, 1.807) is 38.6 Å². The van der Waals surface area contributed by atoms with Crippen molar-refractivity contribution in [1.82, 2.24) is 25.3 Å². The molecule has 172 valence electrons. The van der Waals surface area contributed by atoms with Gasteiger partial charge in [0.15, 0.2) is 5.82 Å². The molecule has 2 aromatic heterocycles. The van der Waals surface area contributed by atoms with E-state index in [0.717, 1.165) is 27.7 Å². The molecule has 0 aliphatic heterocycles. The largest absolute Gasteiger partial charge is 0.351 e. The monoisotopic (exact) mass is 473 g/mol. The molecule has 0 atom stereocenters. The molecule has 3 N–H and O–H groups in total. The Morgan fingerprint density at radius 3 is 2.65 bits per heavy atom. The minimum absolute atomic E-state index is 0.110. The smallest absolute Gasteiger partial charge is 0.269 e. The first-order valence-corrected chi connectivity index (χ1v) is 10.9. The van der Waals surface area contributed by atoms with Gasteiger partial charge in [0.05, 0.1) is 5.02 Å². The summed E-state index contributed by atoms with van der Waals surface area (Å²) in [6.07, 6.45) is 3.46. The van der Waals surface area contributed by atoms with Crippen molar-refractivity contribution in [3.8, 4) is 11.4 Å². The molecule has 8 nitrogen and oxygen atoms in total. The number of nitrogens with zero attached hydrogens (tertiary/aromatic N) is 4. The summed E-state index contributed by atoms with van der Waals surface area (Å²) in [5.74, 6) is 1.00. The Labute approximate surface area is 202 Å². The summed E-state index contributed by atoms with van der Waals surface area (Å²) in [5, 5.41) is 8.26. The Morgan fingerprint density at radius 2 is 1.94 bits per heavy atom. The summed E-state index contributed by atoms with van der Waals surface area (Å²) in [5.41, 5.74) is 7.66. The van der Waals surface area contributed by atoms with Gasteiger partial charge in [-0.15, -0.1) is 0 Å². The number of hydrazone groups is 1. The zero-order valence-electron chi connectivity index (χ0n) is 19.1. The van der Waals surface area contributed by atoms with Crippen molar-refractivity contribution < 1.29 is 4.79 Å². The second-order valence-corrected chi connectivity index (χ2v) is 8.29. The normalized spacial score (nSPS) is 11.4. The maximum Gasteiger partial charge on any atom is 0.269 e. The van der Waals surface area contributed by atoms with Gasteiger partial charge in [-0.05, 0) is 54.5 Å². The minimum atomic E-state index is -0.110. The molecule has 0 unspecified atom stereocenters. The first kappa shape index (κ1) is 23.0. The van der Waals surface area contributed by atoms with Gasteiger partial charge in [-0.1, -0.05) is 23.7 Å². The van der Waals surface area contributed by atoms with E-state index in [-0.39, 0.29) is 5.91 Å². The third kappa shape index (κ3) is 4.92. The van der Waals surface area contributed by atoms with E-state index in [4.69, 9.17) is 11.6 Å². The zero-order valence-corrected chi connectivity index (χ0v) is 19.8. The second kappa shape index (κ2) is 9.76. The highest BCUT2D eigenvalue weighted by molar-refractivity contribution is 6.34. The molecule has 0 bridgehead atoms. The predicted molar refractivity (Wildman–Crippen MR) is 138 cm³/mol. The number of aromatic amines is 1. The summed E-state index contributed by atoms with van der Waals surface area (Å²) in [6.45, 7) is 5.39. The van der Waals surface area contributed by atoms with E-state index >= 15 is 0 Å². The summed E-state index contributed by atoms with van der Waals surface area (Å²) < 4.78 is 0. The number of fused-ring (bicyclic) bond motifs is 1. The van der Waals surface area contributed by atoms with Crippen LogP contribution < -0.4 is 10.7 Å². The number of H-pyrrole nitrogens is 1. The van der Waals surface area contributed by atoms with Crippen LogP contribution in [0.1, 0.15) is 23.0 Å². The lowest BCUT2D eigenvalue weighted by Gasteiger charge is -2.09. The summed E-state index contributed by atoms with van der Waals surface area (Å²) in [7, 11) is 3.42. The number of anilines is 2. The first-order valence-electron chi connectivity index (χ1n) is 10.5. The third-order valence-electron chi connectivity index (χ3n) is 5.23. The van der Waals surface area contributed by atoms with Gasteiger partial charge in [0, 0.05) is 55.4 Å². The van der Waals surface area contributed by atoms with E-state index in [1.165, 1.54) is 4.90 Å². The maximum atomic E-state index is 12.3. The highest BCUT2D eigenvalue weighted by Gasteiger charge is 2.15. The number of aromatic nitrogens is 3. The summed E-state index contributed by atoms with van der Waals surface area (Å²) in [6, 6.07) is 15.2. The highest BCUT2D eigenvalue weighted by atomic mass is 35.5. The number of nitrogens with one attached hydrogen (secondary N) is 3. The zero-order chi connectivity index (χ0) is 24.2. The predicted octanol–water partition coefficient (Wildman–Crippen LogP) is 5.29. The lowest BCUT2D eigenvalue weighted by Crippen LogP contribution is -2.21. The molecule has 9 heteroatoms. The van der Waals surface area contributed by atoms with Crippen molar-refractivity contribution in [2.24, 2.45) is 5.10 Å². The molecular weight excluding hydrogens is 450 g/mol. The Kier molecular flexibility index (Phi) is 6.60. The minimum Gasteiger partial charge on any atom is -0.351 e. The third-order valence-corrected chi connectivity index (χ3v) is 5.54. The number of amides is 1. The molecule has 0 saturated carbocycles. The van der Waals surface area contributed by atoms with Crippen LogP contribution in [0.3, 0.4) is 0 Å². The number of hydrogen-bond acceptors (Lipinski definition) is 6. The molecule has 2 heterocycles. The Morgan fingerprint density at radius 1 is 1.18 bits per heavy atom. The summed E-state index contributed by atoms with van der Waals surface area (Å²) >= 11 is 6.55. The molecule has 0 fully saturated rings. The van der Waals surface area contributed by atoms with Gasteiger partial charge >= 0.3 is 0 Å². The molecule has 0 aliphatic carbocycles. The fraction of sp³-hybridized carbons (Fsp3) is 0.120. The van der Waals surface area contributed by atoms with E-state index in [0.29, 0.717) is 27.9 Å². The first-order chi connectivity index (χ1) is 16.4. The van der Waals surface area contributed by atoms with Crippen LogP contribution >= 0.6 is 11.6 Å². The molecule has 0 radical (unpaired) electrons. The fourth-order valence-electron chi connectivity index (χ4n) is 3.43. The van der Waals surface area contributed by atoms with E-state index in [9.17, 15) is 4.79 Å². The second-order valence-electron chi connectivity index (χ2n) is 7.88. The van der Waals surface area contributed by atoms with Crippen LogP contribution in [0.15, 0.2) is 66.0 Å². The number of benzene rings is 2. The maximum absolute atomic E-state index is 12.3. The number of allylic oxidation sites excluding steroid dienone is 1. The van der Waals surface area contributed by atoms with Crippen LogP contribution in [-0.4, -0.2) is 46.6 Å². The number of carbonyl (C=O) groups excluding carboxylic acids is 1. The molecular formula is C25H24ClN7O. The van der Waals surface area contributed by atoms with Gasteiger partial charge in [0.25, 0.3) is 5.91 Å². The number of carbonyl (C=O) groups is 1. The van der Waals surface area contributed by atoms with Crippen molar-refractivity contribution in [2.75, 3.05) is 19.4 Å². The Bertz CT molecular complexity index is 1390. The van der Waals surface area contributed by atoms with Crippen LogP contribution in [0.25, 0.3) is 27.9 Å². The topological polar surface area (TPSA) is 98.3 Å². The van der Waals surface area contributed by atoms with E-state index in [2.05, 4.69) is 37.5 Å². The average Bonchev–Trinajstić information content (AvgIpc) is 3.24. The van der Waals surface area contributed by atoms with Gasteiger partial charge in [-0.3, -0.25) is 10.2 Å². The molecule has 4 rings (SSSR count). The van der Waals surface area contributed by atoms with Crippen LogP contribution in [0.5, 0.6) is 0 Å². The van der Waals surface area contributed by atoms with Gasteiger partial charge in [-0.25, -0.2) is 9.97 Å². The van der Waals surface area contributed by atoms with Crippen LogP contribution in [0, 0.1) is 0 Å². The van der Waals surface area contributed by atoms with Gasteiger partial charge in [0.1, 0.15) is 11.5 Å². The molecule has 34 heavy (non-hydrogen) atoms. The number of hydrogen-bond donors (Lipinski definition) is 3.